The summed E-state index contributed by atoms with van der Waals surface area (Å²) in [7, 11) is 0. The van der Waals surface area contributed by atoms with Crippen LogP contribution in [-0.4, -0.2) is 23.2 Å². The van der Waals surface area contributed by atoms with Gasteiger partial charge in [0, 0.05) is 5.02 Å². The Morgan fingerprint density at radius 1 is 1.14 bits per heavy atom. The maximum atomic E-state index is 12.3. The largest absolute Gasteiger partial charge is 0.490 e. The van der Waals surface area contributed by atoms with Crippen LogP contribution in [0.2, 0.25) is 5.02 Å². The van der Waals surface area contributed by atoms with Crippen molar-refractivity contribution in [3.05, 3.63) is 63.2 Å². The quantitative estimate of drug-likeness (QED) is 0.549. The summed E-state index contributed by atoms with van der Waals surface area (Å²) in [6.07, 6.45) is 2.62. The van der Waals surface area contributed by atoms with Gasteiger partial charge in [-0.3, -0.25) is 4.79 Å². The Kier molecular flexibility index (Phi) is 6.60. The first-order valence-electron chi connectivity index (χ1n) is 8.98. The van der Waals surface area contributed by atoms with Gasteiger partial charge in [0.15, 0.2) is 17.3 Å². The summed E-state index contributed by atoms with van der Waals surface area (Å²) in [5.41, 5.74) is 1.02. The van der Waals surface area contributed by atoms with Gasteiger partial charge < -0.3 is 14.5 Å². The lowest BCUT2D eigenvalue weighted by atomic mass is 10.1. The van der Waals surface area contributed by atoms with Crippen molar-refractivity contribution in [2.75, 3.05) is 13.2 Å². The second-order valence-electron chi connectivity index (χ2n) is 6.06. The lowest BCUT2D eigenvalue weighted by Crippen LogP contribution is -2.10. The minimum Gasteiger partial charge on any atom is -0.490 e. The molecule has 28 heavy (non-hydrogen) atoms. The number of halogens is 2. The molecule has 3 rings (SSSR count). The molecule has 0 aliphatic carbocycles. The average Bonchev–Trinajstić information content (AvgIpc) is 2.68. The molecular weight excluding hydrogens is 399 g/mol. The van der Waals surface area contributed by atoms with E-state index in [0.717, 1.165) is 12.0 Å². The van der Waals surface area contributed by atoms with Crippen molar-refractivity contribution in [2.24, 2.45) is 0 Å². The van der Waals surface area contributed by atoms with E-state index in [9.17, 15) is 4.79 Å². The number of aromatic amines is 1. The molecule has 0 radical (unpaired) electrons. The number of hydrogen-bond acceptors (Lipinski definition) is 4. The number of nitrogens with zero attached hydrogens (tertiary/aromatic N) is 1. The van der Waals surface area contributed by atoms with E-state index < -0.39 is 0 Å². The van der Waals surface area contributed by atoms with E-state index in [0.29, 0.717) is 45.7 Å². The number of H-pyrrole nitrogens is 1. The first-order chi connectivity index (χ1) is 13.5. The zero-order chi connectivity index (χ0) is 20.1. The molecular formula is C21H20Cl2N2O3. The number of fused-ring (bicyclic) bond motifs is 1. The van der Waals surface area contributed by atoms with Crippen LogP contribution in [0.3, 0.4) is 0 Å². The number of hydrogen-bond donors (Lipinski definition) is 1. The number of nitrogens with one attached hydrogen (secondary N) is 1. The van der Waals surface area contributed by atoms with Gasteiger partial charge in [-0.2, -0.15) is 0 Å². The van der Waals surface area contributed by atoms with E-state index in [1.807, 2.05) is 32.0 Å². The molecule has 5 nitrogen and oxygen atoms in total. The lowest BCUT2D eigenvalue weighted by Gasteiger charge is -2.12. The van der Waals surface area contributed by atoms with Crippen molar-refractivity contribution in [3.63, 3.8) is 0 Å². The van der Waals surface area contributed by atoms with Gasteiger partial charge in [-0.15, -0.1) is 0 Å². The predicted octanol–water partition coefficient (Wildman–Crippen LogP) is 5.50. The van der Waals surface area contributed by atoms with Crippen molar-refractivity contribution in [1.29, 1.82) is 0 Å². The molecule has 0 spiro atoms. The standard InChI is InChI=1S/C21H20Cl2N2O3/c1-3-9-28-18-8-5-13(11-19(18)27-4-2)10-16(23)20-24-17-7-6-14(22)12-15(17)21(26)25-20/h5-8,10-12H,3-4,9H2,1-2H3,(H,24,25,26)/b16-10-. The Bertz CT molecular complexity index is 1080. The SMILES string of the molecule is CCCOc1ccc(/C=C(\Cl)c2nc3ccc(Cl)cc3c(=O)[nH]2)cc1OCC. The Labute approximate surface area is 172 Å². The topological polar surface area (TPSA) is 64.2 Å². The molecule has 0 fully saturated rings. The van der Waals surface area contributed by atoms with Crippen molar-refractivity contribution in [2.45, 2.75) is 20.3 Å². The van der Waals surface area contributed by atoms with E-state index in [1.165, 1.54) is 0 Å². The van der Waals surface area contributed by atoms with Crippen molar-refractivity contribution >= 4 is 45.2 Å². The maximum Gasteiger partial charge on any atom is 0.259 e. The van der Waals surface area contributed by atoms with E-state index in [1.54, 1.807) is 24.3 Å². The zero-order valence-corrected chi connectivity index (χ0v) is 17.1. The number of aromatic nitrogens is 2. The molecule has 0 atom stereocenters. The highest BCUT2D eigenvalue weighted by Gasteiger charge is 2.10. The Morgan fingerprint density at radius 3 is 2.71 bits per heavy atom. The predicted molar refractivity (Wildman–Crippen MR) is 114 cm³/mol. The lowest BCUT2D eigenvalue weighted by molar-refractivity contribution is 0.277. The van der Waals surface area contributed by atoms with Gasteiger partial charge in [-0.25, -0.2) is 4.98 Å². The summed E-state index contributed by atoms with van der Waals surface area (Å²) in [4.78, 5) is 19.4. The smallest absolute Gasteiger partial charge is 0.259 e. The molecule has 0 unspecified atom stereocenters. The summed E-state index contributed by atoms with van der Waals surface area (Å²) in [6, 6.07) is 10.5. The van der Waals surface area contributed by atoms with Gasteiger partial charge in [-0.05, 0) is 55.3 Å². The minimum atomic E-state index is -0.299. The first-order valence-corrected chi connectivity index (χ1v) is 9.74. The summed E-state index contributed by atoms with van der Waals surface area (Å²) in [6.45, 7) is 5.09. The fraction of sp³-hybridized carbons (Fsp3) is 0.238. The third-order valence-corrected chi connectivity index (χ3v) is 4.44. The molecule has 3 aromatic rings. The number of rotatable bonds is 7. The van der Waals surface area contributed by atoms with Crippen molar-refractivity contribution < 1.29 is 9.47 Å². The molecule has 1 heterocycles. The number of ether oxygens (including phenoxy) is 2. The second-order valence-corrected chi connectivity index (χ2v) is 6.90. The van der Waals surface area contributed by atoms with Gasteiger partial charge in [0.1, 0.15) is 0 Å². The normalized spacial score (nSPS) is 11.6. The van der Waals surface area contributed by atoms with Crippen LogP contribution in [0.15, 0.2) is 41.2 Å². The molecule has 7 heteroatoms. The molecule has 0 saturated heterocycles. The van der Waals surface area contributed by atoms with Gasteiger partial charge in [0.25, 0.3) is 5.56 Å². The molecule has 0 bridgehead atoms. The maximum absolute atomic E-state index is 12.3. The molecule has 0 aliphatic heterocycles. The Hall–Kier alpha value is -2.50. The van der Waals surface area contributed by atoms with Gasteiger partial charge in [-0.1, -0.05) is 36.2 Å². The summed E-state index contributed by atoms with van der Waals surface area (Å²) >= 11 is 12.4. The fourth-order valence-electron chi connectivity index (χ4n) is 2.65. The highest BCUT2D eigenvalue weighted by molar-refractivity contribution is 6.50. The Morgan fingerprint density at radius 2 is 1.96 bits per heavy atom. The van der Waals surface area contributed by atoms with Crippen LogP contribution in [0.25, 0.3) is 22.0 Å². The van der Waals surface area contributed by atoms with Crippen LogP contribution < -0.4 is 15.0 Å². The van der Waals surface area contributed by atoms with E-state index in [-0.39, 0.29) is 11.4 Å². The molecule has 0 saturated carbocycles. The van der Waals surface area contributed by atoms with Gasteiger partial charge in [0.05, 0.1) is 29.1 Å². The van der Waals surface area contributed by atoms with Gasteiger partial charge in [0.2, 0.25) is 0 Å². The van der Waals surface area contributed by atoms with E-state index >= 15 is 0 Å². The molecule has 1 aromatic heterocycles. The van der Waals surface area contributed by atoms with Crippen LogP contribution >= 0.6 is 23.2 Å². The Balaban J connectivity index is 1.96. The van der Waals surface area contributed by atoms with E-state index in [2.05, 4.69) is 9.97 Å². The van der Waals surface area contributed by atoms with Crippen LogP contribution in [-0.2, 0) is 0 Å². The molecule has 146 valence electrons. The van der Waals surface area contributed by atoms with Crippen LogP contribution in [0.4, 0.5) is 0 Å². The summed E-state index contributed by atoms with van der Waals surface area (Å²) in [5.74, 6) is 1.61. The average molecular weight is 419 g/mol. The summed E-state index contributed by atoms with van der Waals surface area (Å²) in [5, 5.41) is 1.19. The third kappa shape index (κ3) is 4.66. The molecule has 0 amide bonds. The zero-order valence-electron chi connectivity index (χ0n) is 15.6. The minimum absolute atomic E-state index is 0.283. The highest BCUT2D eigenvalue weighted by atomic mass is 35.5. The second kappa shape index (κ2) is 9.13. The van der Waals surface area contributed by atoms with Crippen molar-refractivity contribution in [3.8, 4) is 11.5 Å². The van der Waals surface area contributed by atoms with Crippen LogP contribution in [0, 0.1) is 0 Å². The molecule has 2 aromatic carbocycles. The van der Waals surface area contributed by atoms with E-state index in [4.69, 9.17) is 32.7 Å². The first kappa shape index (κ1) is 20.2. The van der Waals surface area contributed by atoms with Crippen LogP contribution in [0.5, 0.6) is 11.5 Å². The highest BCUT2D eigenvalue weighted by Crippen LogP contribution is 2.31. The summed E-state index contributed by atoms with van der Waals surface area (Å²) < 4.78 is 11.4. The van der Waals surface area contributed by atoms with Crippen molar-refractivity contribution in [1.82, 2.24) is 9.97 Å². The fourth-order valence-corrected chi connectivity index (χ4v) is 3.04. The molecule has 0 aliphatic rings. The third-order valence-electron chi connectivity index (χ3n) is 3.92. The monoisotopic (exact) mass is 418 g/mol. The molecule has 1 N–H and O–H groups in total. The number of benzene rings is 2. The van der Waals surface area contributed by atoms with Crippen LogP contribution in [0.1, 0.15) is 31.7 Å². The van der Waals surface area contributed by atoms with Gasteiger partial charge >= 0.3 is 0 Å².